The molecular formula is C13H26. The highest BCUT2D eigenvalue weighted by Crippen LogP contribution is 2.32. The van der Waals surface area contributed by atoms with Gasteiger partial charge in [-0.1, -0.05) is 65.7 Å². The average molecular weight is 182 g/mol. The zero-order valence-electron chi connectivity index (χ0n) is 9.73. The Morgan fingerprint density at radius 2 is 1.77 bits per heavy atom. The molecule has 1 fully saturated rings. The summed E-state index contributed by atoms with van der Waals surface area (Å²) in [6.07, 6.45) is 11.8. The lowest BCUT2D eigenvalue weighted by Gasteiger charge is -2.23. The Labute approximate surface area is 84.1 Å². The monoisotopic (exact) mass is 182 g/mol. The van der Waals surface area contributed by atoms with Crippen molar-refractivity contribution in [1.82, 2.24) is 0 Å². The van der Waals surface area contributed by atoms with Crippen molar-refractivity contribution >= 4 is 0 Å². The number of rotatable bonds is 5. The van der Waals surface area contributed by atoms with Gasteiger partial charge in [0, 0.05) is 0 Å². The highest BCUT2D eigenvalue weighted by atomic mass is 14.2. The third-order valence-electron chi connectivity index (χ3n) is 3.90. The maximum atomic E-state index is 2.40. The Kier molecular flexibility index (Phi) is 4.28. The lowest BCUT2D eigenvalue weighted by molar-refractivity contribution is 0.296. The summed E-state index contributed by atoms with van der Waals surface area (Å²) in [6, 6.07) is 0. The van der Waals surface area contributed by atoms with E-state index in [-0.39, 0.29) is 0 Å². The molecule has 0 heteroatoms. The van der Waals surface area contributed by atoms with Gasteiger partial charge in [0.25, 0.3) is 0 Å². The highest BCUT2D eigenvalue weighted by molar-refractivity contribution is 4.70. The van der Waals surface area contributed by atoms with Crippen LogP contribution in [0, 0.1) is 11.3 Å². The van der Waals surface area contributed by atoms with Crippen LogP contribution >= 0.6 is 0 Å². The molecule has 0 aromatic carbocycles. The van der Waals surface area contributed by atoms with E-state index >= 15 is 0 Å². The normalized spacial score (nSPS) is 19.6. The molecule has 0 heterocycles. The second kappa shape index (κ2) is 5.02. The fourth-order valence-electron chi connectivity index (χ4n) is 2.35. The molecule has 0 aliphatic heterocycles. The first-order valence-corrected chi connectivity index (χ1v) is 6.14. The molecule has 0 saturated heterocycles. The molecule has 0 atom stereocenters. The van der Waals surface area contributed by atoms with Crippen LogP contribution in [0.4, 0.5) is 0 Å². The van der Waals surface area contributed by atoms with Gasteiger partial charge < -0.3 is 0 Å². The Morgan fingerprint density at radius 1 is 1.15 bits per heavy atom. The molecule has 0 spiro atoms. The van der Waals surface area contributed by atoms with E-state index in [0.717, 1.165) is 5.92 Å². The number of hydrogen-bond acceptors (Lipinski definition) is 0. The molecule has 0 aromatic heterocycles. The van der Waals surface area contributed by atoms with Crippen LogP contribution in [0.5, 0.6) is 0 Å². The van der Waals surface area contributed by atoms with E-state index in [2.05, 4.69) is 20.8 Å². The van der Waals surface area contributed by atoms with E-state index in [1.54, 1.807) is 0 Å². The summed E-state index contributed by atoms with van der Waals surface area (Å²) >= 11 is 0. The van der Waals surface area contributed by atoms with Gasteiger partial charge in [-0.25, -0.2) is 0 Å². The maximum absolute atomic E-state index is 2.40. The lowest BCUT2D eigenvalue weighted by atomic mass is 9.83. The minimum Gasteiger partial charge on any atom is -0.0649 e. The molecule has 13 heavy (non-hydrogen) atoms. The van der Waals surface area contributed by atoms with Crippen molar-refractivity contribution in [2.45, 2.75) is 72.1 Å². The maximum Gasteiger partial charge on any atom is -0.0357 e. The molecule has 0 N–H and O–H groups in total. The average Bonchev–Trinajstić information content (AvgIpc) is 2.57. The van der Waals surface area contributed by atoms with Crippen LogP contribution < -0.4 is 0 Å². The molecule has 0 bridgehead atoms. The van der Waals surface area contributed by atoms with Crippen molar-refractivity contribution in [2.75, 3.05) is 0 Å². The molecular weight excluding hydrogens is 156 g/mol. The SMILES string of the molecule is CCC(C)(C)CCCC1CCCC1. The van der Waals surface area contributed by atoms with Crippen LogP contribution in [-0.2, 0) is 0 Å². The summed E-state index contributed by atoms with van der Waals surface area (Å²) in [5, 5.41) is 0. The van der Waals surface area contributed by atoms with Gasteiger partial charge in [0.2, 0.25) is 0 Å². The standard InChI is InChI=1S/C13H26/c1-4-13(2,3)11-7-10-12-8-5-6-9-12/h12H,4-11H2,1-3H3. The minimum atomic E-state index is 0.596. The van der Waals surface area contributed by atoms with Crippen LogP contribution in [0.15, 0.2) is 0 Å². The van der Waals surface area contributed by atoms with Gasteiger partial charge in [-0.05, 0) is 17.8 Å². The molecule has 0 unspecified atom stereocenters. The third-order valence-corrected chi connectivity index (χ3v) is 3.90. The molecule has 1 aliphatic rings. The molecule has 0 amide bonds. The van der Waals surface area contributed by atoms with Crippen molar-refractivity contribution < 1.29 is 0 Å². The van der Waals surface area contributed by atoms with E-state index in [0.29, 0.717) is 5.41 Å². The fraction of sp³-hybridized carbons (Fsp3) is 1.00. The molecule has 1 aliphatic carbocycles. The van der Waals surface area contributed by atoms with Gasteiger partial charge in [0.15, 0.2) is 0 Å². The molecule has 0 radical (unpaired) electrons. The Hall–Kier alpha value is 0. The minimum absolute atomic E-state index is 0.596. The predicted octanol–water partition coefficient (Wildman–Crippen LogP) is 4.78. The van der Waals surface area contributed by atoms with Crippen molar-refractivity contribution in [3.05, 3.63) is 0 Å². The highest BCUT2D eigenvalue weighted by Gasteiger charge is 2.18. The zero-order valence-corrected chi connectivity index (χ0v) is 9.73. The smallest absolute Gasteiger partial charge is 0.0357 e. The molecule has 0 aromatic rings. The van der Waals surface area contributed by atoms with Crippen LogP contribution in [0.3, 0.4) is 0 Å². The Bertz CT molecular complexity index is 129. The van der Waals surface area contributed by atoms with Gasteiger partial charge in [0.1, 0.15) is 0 Å². The molecule has 0 nitrogen and oxygen atoms in total. The first kappa shape index (κ1) is 11.1. The summed E-state index contributed by atoms with van der Waals surface area (Å²) in [5.41, 5.74) is 0.596. The van der Waals surface area contributed by atoms with Crippen LogP contribution in [0.2, 0.25) is 0 Å². The van der Waals surface area contributed by atoms with E-state index < -0.39 is 0 Å². The number of hydrogen-bond donors (Lipinski definition) is 0. The molecule has 1 saturated carbocycles. The second-order valence-corrected chi connectivity index (χ2v) is 5.56. The summed E-state index contributed by atoms with van der Waals surface area (Å²) in [5.74, 6) is 1.09. The van der Waals surface area contributed by atoms with E-state index in [1.807, 2.05) is 0 Å². The zero-order chi connectivity index (χ0) is 9.73. The van der Waals surface area contributed by atoms with Gasteiger partial charge in [0.05, 0.1) is 0 Å². The summed E-state index contributed by atoms with van der Waals surface area (Å²) < 4.78 is 0. The second-order valence-electron chi connectivity index (χ2n) is 5.56. The van der Waals surface area contributed by atoms with Gasteiger partial charge in [-0.2, -0.15) is 0 Å². The van der Waals surface area contributed by atoms with Crippen molar-refractivity contribution in [3.63, 3.8) is 0 Å². The third kappa shape index (κ3) is 4.15. The van der Waals surface area contributed by atoms with Gasteiger partial charge in [-0.15, -0.1) is 0 Å². The first-order valence-electron chi connectivity index (χ1n) is 6.14. The van der Waals surface area contributed by atoms with Crippen LogP contribution in [-0.4, -0.2) is 0 Å². The van der Waals surface area contributed by atoms with Crippen molar-refractivity contribution in [3.8, 4) is 0 Å². The summed E-state index contributed by atoms with van der Waals surface area (Å²) in [4.78, 5) is 0. The largest absolute Gasteiger partial charge is 0.0649 e. The van der Waals surface area contributed by atoms with E-state index in [4.69, 9.17) is 0 Å². The topological polar surface area (TPSA) is 0 Å². The van der Waals surface area contributed by atoms with Crippen LogP contribution in [0.25, 0.3) is 0 Å². The van der Waals surface area contributed by atoms with E-state index in [9.17, 15) is 0 Å². The summed E-state index contributed by atoms with van der Waals surface area (Å²) in [6.45, 7) is 7.12. The lowest BCUT2D eigenvalue weighted by Crippen LogP contribution is -2.09. The van der Waals surface area contributed by atoms with Crippen molar-refractivity contribution in [2.24, 2.45) is 11.3 Å². The predicted molar refractivity (Wildman–Crippen MR) is 59.9 cm³/mol. The first-order chi connectivity index (χ1) is 6.14. The van der Waals surface area contributed by atoms with E-state index in [1.165, 1.54) is 51.4 Å². The molecule has 1 rings (SSSR count). The van der Waals surface area contributed by atoms with Gasteiger partial charge in [-0.3, -0.25) is 0 Å². The molecule has 78 valence electrons. The quantitative estimate of drug-likeness (QED) is 0.574. The van der Waals surface area contributed by atoms with Gasteiger partial charge >= 0.3 is 0 Å². The van der Waals surface area contributed by atoms with Crippen LogP contribution in [0.1, 0.15) is 72.1 Å². The Balaban J connectivity index is 2.06. The Morgan fingerprint density at radius 3 is 2.31 bits per heavy atom. The van der Waals surface area contributed by atoms with Crippen molar-refractivity contribution in [1.29, 1.82) is 0 Å². The fourth-order valence-corrected chi connectivity index (χ4v) is 2.35. The summed E-state index contributed by atoms with van der Waals surface area (Å²) in [7, 11) is 0.